The zero-order valence-electron chi connectivity index (χ0n) is 12.3. The second kappa shape index (κ2) is 7.71. The van der Waals surface area contributed by atoms with Gasteiger partial charge in [-0.1, -0.05) is 13.8 Å². The van der Waals surface area contributed by atoms with Crippen LogP contribution in [0.3, 0.4) is 0 Å². The number of hydrogen-bond donors (Lipinski definition) is 3. The van der Waals surface area contributed by atoms with Crippen molar-refractivity contribution in [3.8, 4) is 0 Å². The highest BCUT2D eigenvalue weighted by atomic mass is 32.2. The van der Waals surface area contributed by atoms with Gasteiger partial charge in [-0.05, 0) is 25.2 Å². The number of carboxylic acid groups (broad SMARTS) is 1. The number of hydrogen-bond acceptors (Lipinski definition) is 4. The van der Waals surface area contributed by atoms with Crippen molar-refractivity contribution in [1.29, 1.82) is 0 Å². The maximum absolute atomic E-state index is 12.1. The van der Waals surface area contributed by atoms with Crippen molar-refractivity contribution in [3.05, 3.63) is 0 Å². The van der Waals surface area contributed by atoms with Crippen molar-refractivity contribution in [2.75, 3.05) is 19.6 Å². The quantitative estimate of drug-likeness (QED) is 0.586. The highest BCUT2D eigenvalue weighted by Crippen LogP contribution is 2.19. The van der Waals surface area contributed by atoms with Crippen molar-refractivity contribution in [2.24, 2.45) is 5.92 Å². The number of nitrogens with zero attached hydrogens (tertiary/aromatic N) is 1. The molecule has 21 heavy (non-hydrogen) atoms. The van der Waals surface area contributed by atoms with Crippen LogP contribution in [-0.2, 0) is 19.8 Å². The summed E-state index contributed by atoms with van der Waals surface area (Å²) in [6.07, 6.45) is 1.58. The molecule has 1 amide bonds. The molecule has 0 aromatic carbocycles. The fraction of sp³-hybridized carbons (Fsp3) is 0.833. The fourth-order valence-corrected chi connectivity index (χ4v) is 3.44. The minimum absolute atomic E-state index is 0.153. The predicted molar refractivity (Wildman–Crippen MR) is 76.8 cm³/mol. The Bertz CT molecular complexity index is 477. The summed E-state index contributed by atoms with van der Waals surface area (Å²) in [7, 11) is -3.97. The molecule has 1 aliphatic rings. The Hall–Kier alpha value is -1.19. The predicted octanol–water partition coefficient (Wildman–Crippen LogP) is -0.468. The van der Waals surface area contributed by atoms with Gasteiger partial charge in [0.2, 0.25) is 5.91 Å². The van der Waals surface area contributed by atoms with Crippen LogP contribution < -0.4 is 10.0 Å². The monoisotopic (exact) mass is 321 g/mol. The van der Waals surface area contributed by atoms with Gasteiger partial charge >= 0.3 is 5.97 Å². The summed E-state index contributed by atoms with van der Waals surface area (Å²) in [5.74, 6) is -1.33. The number of amides is 1. The minimum Gasteiger partial charge on any atom is -0.480 e. The Kier molecular flexibility index (Phi) is 6.56. The zero-order chi connectivity index (χ0) is 16.0. The molecule has 0 bridgehead atoms. The largest absolute Gasteiger partial charge is 0.480 e. The number of carbonyl (C=O) groups excluding carboxylic acids is 1. The van der Waals surface area contributed by atoms with Crippen molar-refractivity contribution >= 4 is 22.1 Å². The Morgan fingerprint density at radius 1 is 1.33 bits per heavy atom. The summed E-state index contributed by atoms with van der Waals surface area (Å²) >= 11 is 0. The van der Waals surface area contributed by atoms with E-state index in [1.54, 1.807) is 0 Å². The van der Waals surface area contributed by atoms with Crippen LogP contribution in [0.15, 0.2) is 0 Å². The van der Waals surface area contributed by atoms with Crippen LogP contribution in [0.2, 0.25) is 0 Å². The van der Waals surface area contributed by atoms with E-state index in [0.717, 1.165) is 4.31 Å². The average molecular weight is 321 g/mol. The number of nitrogens with one attached hydrogen (secondary N) is 2. The van der Waals surface area contributed by atoms with Gasteiger partial charge in [-0.15, -0.1) is 0 Å². The first-order valence-corrected chi connectivity index (χ1v) is 8.44. The van der Waals surface area contributed by atoms with Gasteiger partial charge in [-0.3, -0.25) is 9.59 Å². The van der Waals surface area contributed by atoms with Crippen molar-refractivity contribution < 1.29 is 23.1 Å². The second-order valence-electron chi connectivity index (χ2n) is 5.48. The number of carboxylic acids is 1. The molecule has 3 N–H and O–H groups in total. The van der Waals surface area contributed by atoms with Crippen LogP contribution in [0, 0.1) is 5.92 Å². The summed E-state index contributed by atoms with van der Waals surface area (Å²) in [5, 5.41) is 11.7. The molecule has 1 aliphatic heterocycles. The summed E-state index contributed by atoms with van der Waals surface area (Å²) in [6.45, 7) is 4.07. The van der Waals surface area contributed by atoms with Gasteiger partial charge < -0.3 is 10.4 Å². The zero-order valence-corrected chi connectivity index (χ0v) is 13.1. The van der Waals surface area contributed by atoms with E-state index in [9.17, 15) is 18.0 Å². The van der Waals surface area contributed by atoms with Crippen LogP contribution in [-0.4, -0.2) is 55.4 Å². The molecular weight excluding hydrogens is 298 g/mol. The molecule has 0 aliphatic carbocycles. The first-order valence-electron chi connectivity index (χ1n) is 7.00. The Labute approximate surface area is 125 Å². The third-order valence-corrected chi connectivity index (χ3v) is 4.73. The molecule has 122 valence electrons. The lowest BCUT2D eigenvalue weighted by Crippen LogP contribution is -2.53. The maximum Gasteiger partial charge on any atom is 0.322 e. The van der Waals surface area contributed by atoms with Crippen LogP contribution in [0.1, 0.15) is 33.1 Å². The van der Waals surface area contributed by atoms with Gasteiger partial charge in [0, 0.05) is 13.1 Å². The van der Waals surface area contributed by atoms with Gasteiger partial charge in [-0.2, -0.15) is 17.4 Å². The summed E-state index contributed by atoms with van der Waals surface area (Å²) in [6, 6.07) is -1.06. The SMILES string of the molecule is CC(C)CNC(=O)CNS(=O)(=O)N1CCCCC1C(=O)O. The van der Waals surface area contributed by atoms with Gasteiger partial charge in [0.15, 0.2) is 0 Å². The molecule has 0 aromatic heterocycles. The average Bonchev–Trinajstić information content (AvgIpc) is 2.43. The highest BCUT2D eigenvalue weighted by Gasteiger charge is 2.36. The molecule has 1 heterocycles. The second-order valence-corrected chi connectivity index (χ2v) is 7.19. The molecule has 1 rings (SSSR count). The molecule has 1 unspecified atom stereocenters. The number of piperidine rings is 1. The van der Waals surface area contributed by atoms with E-state index in [1.807, 2.05) is 13.8 Å². The van der Waals surface area contributed by atoms with E-state index in [-0.39, 0.29) is 18.9 Å². The van der Waals surface area contributed by atoms with Gasteiger partial charge in [-0.25, -0.2) is 0 Å². The van der Waals surface area contributed by atoms with Crippen LogP contribution in [0.25, 0.3) is 0 Å². The van der Waals surface area contributed by atoms with Crippen molar-refractivity contribution in [2.45, 2.75) is 39.2 Å². The van der Waals surface area contributed by atoms with E-state index in [4.69, 9.17) is 5.11 Å². The van der Waals surface area contributed by atoms with Crippen LogP contribution in [0.4, 0.5) is 0 Å². The molecular formula is C12H23N3O5S. The maximum atomic E-state index is 12.1. The lowest BCUT2D eigenvalue weighted by atomic mass is 10.1. The fourth-order valence-electron chi connectivity index (χ4n) is 2.06. The topological polar surface area (TPSA) is 116 Å². The molecule has 1 fully saturated rings. The smallest absolute Gasteiger partial charge is 0.322 e. The molecule has 9 heteroatoms. The molecule has 0 saturated carbocycles. The minimum atomic E-state index is -3.97. The first kappa shape index (κ1) is 17.9. The lowest BCUT2D eigenvalue weighted by Gasteiger charge is -2.31. The first-order chi connectivity index (χ1) is 9.74. The van der Waals surface area contributed by atoms with Gasteiger partial charge in [0.1, 0.15) is 6.04 Å². The van der Waals surface area contributed by atoms with Crippen LogP contribution >= 0.6 is 0 Å². The lowest BCUT2D eigenvalue weighted by molar-refractivity contribution is -0.142. The van der Waals surface area contributed by atoms with Crippen molar-refractivity contribution in [1.82, 2.24) is 14.3 Å². The van der Waals surface area contributed by atoms with E-state index < -0.39 is 34.7 Å². The molecule has 1 saturated heterocycles. The summed E-state index contributed by atoms with van der Waals surface area (Å²) < 4.78 is 27.3. The molecule has 0 aromatic rings. The highest BCUT2D eigenvalue weighted by molar-refractivity contribution is 7.87. The Morgan fingerprint density at radius 3 is 2.57 bits per heavy atom. The molecule has 8 nitrogen and oxygen atoms in total. The third-order valence-electron chi connectivity index (χ3n) is 3.17. The molecule has 0 spiro atoms. The number of rotatable bonds is 7. The number of aliphatic carboxylic acids is 1. The normalized spacial score (nSPS) is 20.4. The van der Waals surface area contributed by atoms with Crippen molar-refractivity contribution in [3.63, 3.8) is 0 Å². The van der Waals surface area contributed by atoms with E-state index >= 15 is 0 Å². The summed E-state index contributed by atoms with van der Waals surface area (Å²) in [5.41, 5.74) is 0. The van der Waals surface area contributed by atoms with E-state index in [1.165, 1.54) is 0 Å². The standard InChI is InChI=1S/C12H23N3O5S/c1-9(2)7-13-11(16)8-14-21(19,20)15-6-4-3-5-10(15)12(17)18/h9-10,14H,3-8H2,1-2H3,(H,13,16)(H,17,18). The van der Waals surface area contributed by atoms with Crippen LogP contribution in [0.5, 0.6) is 0 Å². The molecule has 1 atom stereocenters. The van der Waals surface area contributed by atoms with E-state index in [0.29, 0.717) is 19.4 Å². The Balaban J connectivity index is 2.59. The number of carbonyl (C=O) groups is 2. The van der Waals surface area contributed by atoms with Gasteiger partial charge in [0.05, 0.1) is 6.54 Å². The van der Waals surface area contributed by atoms with Gasteiger partial charge in [0.25, 0.3) is 10.2 Å². The molecule has 0 radical (unpaired) electrons. The summed E-state index contributed by atoms with van der Waals surface area (Å²) in [4.78, 5) is 22.6. The van der Waals surface area contributed by atoms with E-state index in [2.05, 4.69) is 10.0 Å². The Morgan fingerprint density at radius 2 is 2.00 bits per heavy atom. The third kappa shape index (κ3) is 5.60.